The van der Waals surface area contributed by atoms with Crippen LogP contribution < -0.4 is 11.3 Å². The Balaban J connectivity index is 1.79. The van der Waals surface area contributed by atoms with Gasteiger partial charge < -0.3 is 4.74 Å². The molecule has 2 unspecified atom stereocenters. The number of rotatable bonds is 3. The molecule has 0 radical (unpaired) electrons. The van der Waals surface area contributed by atoms with Gasteiger partial charge in [-0.2, -0.15) is 0 Å². The van der Waals surface area contributed by atoms with Crippen molar-refractivity contribution in [1.82, 2.24) is 10.4 Å². The number of nitrogens with zero attached hydrogens (tertiary/aromatic N) is 1. The molecule has 3 rings (SSSR count). The van der Waals surface area contributed by atoms with Crippen molar-refractivity contribution in [1.29, 1.82) is 0 Å². The highest BCUT2D eigenvalue weighted by Crippen LogP contribution is 2.44. The third-order valence-electron chi connectivity index (χ3n) is 5.03. The molecule has 0 aromatic carbocycles. The number of hydrogen-bond acceptors (Lipinski definition) is 4. The topological polar surface area (TPSA) is 60.2 Å². The summed E-state index contributed by atoms with van der Waals surface area (Å²) in [5, 5.41) is 0. The zero-order chi connectivity index (χ0) is 14.7. The Labute approximate surface area is 125 Å². The van der Waals surface area contributed by atoms with E-state index in [4.69, 9.17) is 10.6 Å². The van der Waals surface area contributed by atoms with E-state index >= 15 is 0 Å². The number of ether oxygens (including phenoxy) is 1. The van der Waals surface area contributed by atoms with Gasteiger partial charge in [-0.15, -0.1) is 0 Å². The average molecular weight is 293 g/mol. The highest BCUT2D eigenvalue weighted by molar-refractivity contribution is 5.13. The molecule has 1 saturated carbocycles. The van der Waals surface area contributed by atoms with Crippen LogP contribution in [0, 0.1) is 11.7 Å². The first kappa shape index (κ1) is 14.9. The molecule has 116 valence electrons. The van der Waals surface area contributed by atoms with Crippen LogP contribution in [0.5, 0.6) is 0 Å². The monoisotopic (exact) mass is 293 g/mol. The first-order valence-corrected chi connectivity index (χ1v) is 7.95. The maximum atomic E-state index is 14.0. The molecule has 0 amide bonds. The van der Waals surface area contributed by atoms with Crippen molar-refractivity contribution < 1.29 is 9.13 Å². The molecule has 2 aliphatic rings. The molecule has 21 heavy (non-hydrogen) atoms. The molecule has 2 atom stereocenters. The molecule has 3 N–H and O–H groups in total. The van der Waals surface area contributed by atoms with E-state index in [0.717, 1.165) is 32.3 Å². The van der Waals surface area contributed by atoms with Crippen LogP contribution in [0.1, 0.15) is 56.7 Å². The SMILES string of the molecule is NNC(c1ncccc1F)C1CCOC2(CCCCC2)C1. The van der Waals surface area contributed by atoms with Gasteiger partial charge in [-0.3, -0.25) is 16.3 Å². The summed E-state index contributed by atoms with van der Waals surface area (Å²) in [6.07, 6.45) is 9.44. The minimum absolute atomic E-state index is 0.0124. The lowest BCUT2D eigenvalue weighted by molar-refractivity contribution is -0.122. The predicted octanol–water partition coefficient (Wildman–Crippen LogP) is 2.85. The molecule has 1 spiro atoms. The third-order valence-corrected chi connectivity index (χ3v) is 5.03. The van der Waals surface area contributed by atoms with Gasteiger partial charge in [0.05, 0.1) is 17.3 Å². The first-order chi connectivity index (χ1) is 10.2. The zero-order valence-electron chi connectivity index (χ0n) is 12.4. The van der Waals surface area contributed by atoms with E-state index in [9.17, 15) is 4.39 Å². The summed E-state index contributed by atoms with van der Waals surface area (Å²) in [5.74, 6) is 5.71. The van der Waals surface area contributed by atoms with Crippen LogP contribution in [0.2, 0.25) is 0 Å². The van der Waals surface area contributed by atoms with Crippen molar-refractivity contribution in [2.75, 3.05) is 6.61 Å². The van der Waals surface area contributed by atoms with Gasteiger partial charge in [0.2, 0.25) is 0 Å². The minimum atomic E-state index is -0.287. The van der Waals surface area contributed by atoms with Crippen LogP contribution in [0.25, 0.3) is 0 Å². The lowest BCUT2D eigenvalue weighted by Crippen LogP contribution is -2.46. The zero-order valence-corrected chi connectivity index (χ0v) is 12.4. The Kier molecular flexibility index (Phi) is 4.52. The molecule has 2 fully saturated rings. The van der Waals surface area contributed by atoms with Gasteiger partial charge in [-0.1, -0.05) is 19.3 Å². The van der Waals surface area contributed by atoms with Gasteiger partial charge in [-0.05, 0) is 43.7 Å². The number of aromatic nitrogens is 1. The molecular weight excluding hydrogens is 269 g/mol. The Morgan fingerprint density at radius 1 is 1.38 bits per heavy atom. The first-order valence-electron chi connectivity index (χ1n) is 7.95. The number of pyridine rings is 1. The van der Waals surface area contributed by atoms with E-state index in [2.05, 4.69) is 10.4 Å². The van der Waals surface area contributed by atoms with Crippen molar-refractivity contribution in [3.05, 3.63) is 29.8 Å². The summed E-state index contributed by atoms with van der Waals surface area (Å²) in [6.45, 7) is 0.733. The molecule has 2 heterocycles. The Morgan fingerprint density at radius 3 is 2.90 bits per heavy atom. The molecule has 5 heteroatoms. The number of hydrogen-bond donors (Lipinski definition) is 2. The van der Waals surface area contributed by atoms with Crippen molar-refractivity contribution in [2.24, 2.45) is 11.8 Å². The summed E-state index contributed by atoms with van der Waals surface area (Å²) in [6, 6.07) is 2.82. The van der Waals surface area contributed by atoms with Crippen molar-refractivity contribution in [3.63, 3.8) is 0 Å². The Morgan fingerprint density at radius 2 is 2.19 bits per heavy atom. The van der Waals surface area contributed by atoms with Crippen LogP contribution in [0.4, 0.5) is 4.39 Å². The van der Waals surface area contributed by atoms with Crippen LogP contribution in [-0.4, -0.2) is 17.2 Å². The molecular formula is C16H24FN3O. The lowest BCUT2D eigenvalue weighted by atomic mass is 9.73. The van der Waals surface area contributed by atoms with Crippen LogP contribution in [0.15, 0.2) is 18.3 Å². The fraction of sp³-hybridized carbons (Fsp3) is 0.688. The van der Waals surface area contributed by atoms with Gasteiger partial charge in [-0.25, -0.2) is 4.39 Å². The molecule has 1 saturated heterocycles. The summed E-state index contributed by atoms with van der Waals surface area (Å²) in [7, 11) is 0. The van der Waals surface area contributed by atoms with E-state index in [1.807, 2.05) is 0 Å². The summed E-state index contributed by atoms with van der Waals surface area (Å²) < 4.78 is 20.1. The number of halogens is 1. The number of nitrogens with one attached hydrogen (secondary N) is 1. The minimum Gasteiger partial charge on any atom is -0.375 e. The second-order valence-electron chi connectivity index (χ2n) is 6.36. The summed E-state index contributed by atoms with van der Waals surface area (Å²) in [5.41, 5.74) is 3.21. The molecule has 1 aromatic rings. The Hall–Kier alpha value is -1.04. The third kappa shape index (κ3) is 3.10. The maximum Gasteiger partial charge on any atom is 0.146 e. The van der Waals surface area contributed by atoms with Crippen molar-refractivity contribution in [2.45, 2.75) is 56.6 Å². The summed E-state index contributed by atoms with van der Waals surface area (Å²) >= 11 is 0. The van der Waals surface area contributed by atoms with E-state index in [0.29, 0.717) is 5.69 Å². The van der Waals surface area contributed by atoms with E-state index in [1.165, 1.54) is 25.3 Å². The van der Waals surface area contributed by atoms with E-state index in [-0.39, 0.29) is 23.4 Å². The largest absolute Gasteiger partial charge is 0.375 e. The lowest BCUT2D eigenvalue weighted by Gasteiger charge is -2.45. The van der Waals surface area contributed by atoms with Crippen LogP contribution >= 0.6 is 0 Å². The Bertz CT molecular complexity index is 471. The number of nitrogens with two attached hydrogens (primary N) is 1. The van der Waals surface area contributed by atoms with Gasteiger partial charge in [0, 0.05) is 12.8 Å². The smallest absolute Gasteiger partial charge is 0.146 e. The quantitative estimate of drug-likeness (QED) is 0.664. The average Bonchev–Trinajstić information content (AvgIpc) is 2.51. The maximum absolute atomic E-state index is 14.0. The van der Waals surface area contributed by atoms with Crippen LogP contribution in [0.3, 0.4) is 0 Å². The molecule has 1 aliphatic heterocycles. The highest BCUT2D eigenvalue weighted by Gasteiger charge is 2.41. The van der Waals surface area contributed by atoms with E-state index < -0.39 is 0 Å². The predicted molar refractivity (Wildman–Crippen MR) is 78.8 cm³/mol. The van der Waals surface area contributed by atoms with Crippen molar-refractivity contribution in [3.8, 4) is 0 Å². The van der Waals surface area contributed by atoms with Crippen LogP contribution in [-0.2, 0) is 4.74 Å². The normalized spacial score (nSPS) is 26.7. The molecule has 0 bridgehead atoms. The van der Waals surface area contributed by atoms with E-state index in [1.54, 1.807) is 12.3 Å². The highest BCUT2D eigenvalue weighted by atomic mass is 19.1. The van der Waals surface area contributed by atoms with Gasteiger partial charge in [0.1, 0.15) is 5.82 Å². The molecule has 1 aromatic heterocycles. The fourth-order valence-electron chi connectivity index (χ4n) is 3.96. The standard InChI is InChI=1S/C16H24FN3O/c17-13-5-4-9-19-15(13)14(20-18)12-6-10-21-16(11-12)7-2-1-3-8-16/h4-5,9,12,14,20H,1-3,6-8,10-11,18H2. The van der Waals surface area contributed by atoms with Crippen molar-refractivity contribution >= 4 is 0 Å². The van der Waals surface area contributed by atoms with Gasteiger partial charge in [0.25, 0.3) is 0 Å². The van der Waals surface area contributed by atoms with Gasteiger partial charge >= 0.3 is 0 Å². The van der Waals surface area contributed by atoms with Gasteiger partial charge in [0.15, 0.2) is 0 Å². The second kappa shape index (κ2) is 6.38. The fourth-order valence-corrected chi connectivity index (χ4v) is 3.96. The molecule has 1 aliphatic carbocycles. The number of hydrazine groups is 1. The second-order valence-corrected chi connectivity index (χ2v) is 6.36. The summed E-state index contributed by atoms with van der Waals surface area (Å²) in [4.78, 5) is 4.20. The molecule has 4 nitrogen and oxygen atoms in total.